The zero-order valence-corrected chi connectivity index (χ0v) is 18.5. The molecular weight excluding hydrogens is 416 g/mol. The normalized spacial score (nSPS) is 18.2. The smallest absolute Gasteiger partial charge is 0.234 e. The molecule has 1 aromatic heterocycles. The van der Waals surface area contributed by atoms with E-state index in [9.17, 15) is 13.6 Å². The summed E-state index contributed by atoms with van der Waals surface area (Å²) in [5.41, 5.74) is 4.16. The summed E-state index contributed by atoms with van der Waals surface area (Å²) in [6, 6.07) is 9.86. The molecule has 1 amide bonds. The number of aryl methyl sites for hydroxylation is 1. The number of H-pyrrole nitrogens is 1. The number of aromatic amines is 1. The number of hydrogen-bond donors (Lipinski definition) is 3. The lowest BCUT2D eigenvalue weighted by Gasteiger charge is -2.36. The summed E-state index contributed by atoms with van der Waals surface area (Å²) in [6.45, 7) is 4.88. The fraction of sp³-hybridized carbons (Fsp3) is 0.375. The van der Waals surface area contributed by atoms with Gasteiger partial charge in [-0.2, -0.15) is 0 Å². The first-order valence-electron chi connectivity index (χ1n) is 10.6. The van der Waals surface area contributed by atoms with Crippen LogP contribution < -0.4 is 10.0 Å². The summed E-state index contributed by atoms with van der Waals surface area (Å²) in [6.07, 6.45) is 1.85. The van der Waals surface area contributed by atoms with Crippen LogP contribution >= 0.6 is 11.9 Å². The van der Waals surface area contributed by atoms with Crippen molar-refractivity contribution >= 4 is 28.8 Å². The van der Waals surface area contributed by atoms with Crippen LogP contribution in [-0.4, -0.2) is 29.7 Å². The molecule has 0 saturated heterocycles. The van der Waals surface area contributed by atoms with Crippen molar-refractivity contribution in [1.82, 2.24) is 15.0 Å². The van der Waals surface area contributed by atoms with Crippen molar-refractivity contribution in [2.75, 3.05) is 18.8 Å². The maximum absolute atomic E-state index is 14.7. The Morgan fingerprint density at radius 2 is 1.94 bits per heavy atom. The number of halogens is 2. The Bertz CT molecular complexity index is 1070. The van der Waals surface area contributed by atoms with E-state index in [0.717, 1.165) is 46.4 Å². The fourth-order valence-corrected chi connectivity index (χ4v) is 4.79. The lowest BCUT2D eigenvalue weighted by Crippen LogP contribution is -2.38. The zero-order valence-electron chi connectivity index (χ0n) is 17.7. The summed E-state index contributed by atoms with van der Waals surface area (Å²) in [5, 5.41) is 3.89. The van der Waals surface area contributed by atoms with Gasteiger partial charge >= 0.3 is 0 Å². The third-order valence-electron chi connectivity index (χ3n) is 5.89. The van der Waals surface area contributed by atoms with Gasteiger partial charge in [0.15, 0.2) is 0 Å². The van der Waals surface area contributed by atoms with Crippen molar-refractivity contribution in [3.05, 3.63) is 59.2 Å². The third-order valence-corrected chi connectivity index (χ3v) is 6.53. The van der Waals surface area contributed by atoms with Gasteiger partial charge in [-0.25, -0.2) is 8.78 Å². The van der Waals surface area contributed by atoms with Gasteiger partial charge in [0.25, 0.3) is 0 Å². The number of benzene rings is 2. The maximum Gasteiger partial charge on any atom is 0.234 e. The molecule has 0 aliphatic heterocycles. The van der Waals surface area contributed by atoms with E-state index in [0.29, 0.717) is 24.5 Å². The van der Waals surface area contributed by atoms with Gasteiger partial charge in [0, 0.05) is 17.7 Å². The highest BCUT2D eigenvalue weighted by Crippen LogP contribution is 2.48. The molecule has 4 nitrogen and oxygen atoms in total. The van der Waals surface area contributed by atoms with Crippen LogP contribution in [0.5, 0.6) is 0 Å². The maximum atomic E-state index is 14.7. The van der Waals surface area contributed by atoms with E-state index in [2.05, 4.69) is 15.0 Å². The SMILES string of the molecule is CCSNCC(=O)NCC1CC(c2c(-c3ccc(F)cc3)[nH]c3c(F)cc(C)cc23)C1. The summed E-state index contributed by atoms with van der Waals surface area (Å²) in [5.74, 6) is 1.01. The van der Waals surface area contributed by atoms with E-state index in [1.54, 1.807) is 12.1 Å². The van der Waals surface area contributed by atoms with E-state index in [1.165, 1.54) is 30.1 Å². The number of hydrogen-bond acceptors (Lipinski definition) is 3. The molecule has 3 aromatic rings. The Morgan fingerprint density at radius 3 is 2.65 bits per heavy atom. The number of fused-ring (bicyclic) bond motifs is 1. The summed E-state index contributed by atoms with van der Waals surface area (Å²) in [4.78, 5) is 15.2. The molecule has 3 N–H and O–H groups in total. The molecule has 1 aliphatic rings. The highest BCUT2D eigenvalue weighted by Gasteiger charge is 2.34. The van der Waals surface area contributed by atoms with Crippen LogP contribution in [0.4, 0.5) is 8.78 Å². The van der Waals surface area contributed by atoms with Crippen molar-refractivity contribution in [2.45, 2.75) is 32.6 Å². The van der Waals surface area contributed by atoms with E-state index < -0.39 is 0 Å². The van der Waals surface area contributed by atoms with Crippen molar-refractivity contribution < 1.29 is 13.6 Å². The molecule has 0 unspecified atom stereocenters. The highest BCUT2D eigenvalue weighted by molar-refractivity contribution is 7.97. The highest BCUT2D eigenvalue weighted by atomic mass is 32.2. The molecule has 1 saturated carbocycles. The zero-order chi connectivity index (χ0) is 22.0. The second kappa shape index (κ2) is 9.40. The average Bonchev–Trinajstić information content (AvgIpc) is 3.07. The quantitative estimate of drug-likeness (QED) is 0.328. The number of nitrogens with one attached hydrogen (secondary N) is 3. The van der Waals surface area contributed by atoms with Gasteiger partial charge in [-0.1, -0.05) is 18.9 Å². The molecule has 7 heteroatoms. The first kappa shape index (κ1) is 21.8. The van der Waals surface area contributed by atoms with Crippen molar-refractivity contribution in [2.24, 2.45) is 5.92 Å². The van der Waals surface area contributed by atoms with Gasteiger partial charge in [-0.15, -0.1) is 0 Å². The molecule has 4 rings (SSSR count). The number of carbonyl (C=O) groups is 1. The van der Waals surface area contributed by atoms with Gasteiger partial charge in [-0.05, 0) is 84.7 Å². The molecule has 1 aliphatic carbocycles. The Kier molecular flexibility index (Phi) is 6.62. The predicted molar refractivity (Wildman–Crippen MR) is 123 cm³/mol. The number of rotatable bonds is 8. The van der Waals surface area contributed by atoms with Crippen molar-refractivity contribution in [3.63, 3.8) is 0 Å². The van der Waals surface area contributed by atoms with Crippen molar-refractivity contribution in [1.29, 1.82) is 0 Å². The number of carbonyl (C=O) groups excluding carboxylic acids is 1. The number of amides is 1. The molecular formula is C24H27F2N3OS. The monoisotopic (exact) mass is 443 g/mol. The van der Waals surface area contributed by atoms with E-state index in [-0.39, 0.29) is 23.5 Å². The van der Waals surface area contributed by atoms with Gasteiger partial charge in [-0.3, -0.25) is 9.52 Å². The standard InChI is InChI=1S/C24H27F2N3OS/c1-3-31-28-13-21(30)27-12-15-10-17(11-15)22-19-8-14(2)9-20(26)24(19)29-23(22)16-4-6-18(25)7-5-16/h4-9,15,17,28-29H,3,10-13H2,1-2H3,(H,27,30). The largest absolute Gasteiger partial charge is 0.355 e. The van der Waals surface area contributed by atoms with Gasteiger partial charge in [0.2, 0.25) is 5.91 Å². The van der Waals surface area contributed by atoms with Gasteiger partial charge in [0.05, 0.1) is 17.8 Å². The second-order valence-electron chi connectivity index (χ2n) is 8.18. The lowest BCUT2D eigenvalue weighted by atomic mass is 9.70. The molecule has 0 spiro atoms. The molecule has 31 heavy (non-hydrogen) atoms. The van der Waals surface area contributed by atoms with Crippen LogP contribution in [-0.2, 0) is 4.79 Å². The fourth-order valence-electron chi connectivity index (χ4n) is 4.35. The van der Waals surface area contributed by atoms with Gasteiger partial charge < -0.3 is 10.3 Å². The molecule has 1 heterocycles. The Hall–Kier alpha value is -2.38. The average molecular weight is 444 g/mol. The minimum absolute atomic E-state index is 0.00110. The van der Waals surface area contributed by atoms with E-state index in [1.807, 2.05) is 19.9 Å². The van der Waals surface area contributed by atoms with Crippen molar-refractivity contribution in [3.8, 4) is 11.3 Å². The first-order valence-corrected chi connectivity index (χ1v) is 11.6. The topological polar surface area (TPSA) is 56.9 Å². The molecule has 164 valence electrons. The molecule has 2 aromatic carbocycles. The predicted octanol–water partition coefficient (Wildman–Crippen LogP) is 5.29. The van der Waals surface area contributed by atoms with Crippen LogP contribution in [0.2, 0.25) is 0 Å². The lowest BCUT2D eigenvalue weighted by molar-refractivity contribution is -0.120. The van der Waals surface area contributed by atoms with Crippen LogP contribution in [0.15, 0.2) is 36.4 Å². The summed E-state index contributed by atoms with van der Waals surface area (Å²) >= 11 is 1.52. The molecule has 0 atom stereocenters. The Morgan fingerprint density at radius 1 is 1.19 bits per heavy atom. The van der Waals surface area contributed by atoms with E-state index in [4.69, 9.17) is 0 Å². The summed E-state index contributed by atoms with van der Waals surface area (Å²) < 4.78 is 31.1. The third kappa shape index (κ3) is 4.77. The minimum Gasteiger partial charge on any atom is -0.355 e. The van der Waals surface area contributed by atoms with Gasteiger partial charge in [0.1, 0.15) is 11.6 Å². The summed E-state index contributed by atoms with van der Waals surface area (Å²) in [7, 11) is 0. The first-order chi connectivity index (χ1) is 15.0. The second-order valence-corrected chi connectivity index (χ2v) is 9.34. The van der Waals surface area contributed by atoms with Crippen LogP contribution in [0.1, 0.15) is 36.8 Å². The minimum atomic E-state index is -0.297. The van der Waals surface area contributed by atoms with E-state index >= 15 is 0 Å². The van der Waals surface area contributed by atoms with Crippen LogP contribution in [0, 0.1) is 24.5 Å². The molecule has 0 radical (unpaired) electrons. The van der Waals surface area contributed by atoms with Crippen LogP contribution in [0.3, 0.4) is 0 Å². The molecule has 1 fully saturated rings. The number of aromatic nitrogens is 1. The molecule has 0 bridgehead atoms. The Balaban J connectivity index is 1.53. The van der Waals surface area contributed by atoms with Crippen LogP contribution in [0.25, 0.3) is 22.2 Å². The Labute approximate surface area is 185 Å².